The zero-order valence-corrected chi connectivity index (χ0v) is 15.7. The van der Waals surface area contributed by atoms with Gasteiger partial charge in [-0.3, -0.25) is 9.59 Å². The quantitative estimate of drug-likeness (QED) is 0.879. The van der Waals surface area contributed by atoms with Crippen LogP contribution >= 0.6 is 11.8 Å². The molecular formula is C20H22N2O3S. The highest BCUT2D eigenvalue weighted by atomic mass is 32.2. The molecule has 3 rings (SSSR count). The van der Waals surface area contributed by atoms with Gasteiger partial charge in [-0.15, -0.1) is 11.8 Å². The highest BCUT2D eigenvalue weighted by molar-refractivity contribution is 7.99. The average molecular weight is 370 g/mol. The lowest BCUT2D eigenvalue weighted by atomic mass is 10.2. The van der Waals surface area contributed by atoms with E-state index in [0.29, 0.717) is 17.2 Å². The molecule has 0 radical (unpaired) electrons. The minimum Gasteiger partial charge on any atom is -0.477 e. The van der Waals surface area contributed by atoms with Gasteiger partial charge in [0, 0.05) is 12.8 Å². The summed E-state index contributed by atoms with van der Waals surface area (Å²) in [6.45, 7) is 2.28. The van der Waals surface area contributed by atoms with Crippen molar-refractivity contribution in [2.75, 3.05) is 24.2 Å². The summed E-state index contributed by atoms with van der Waals surface area (Å²) in [5, 5.41) is 2.59. The van der Waals surface area contributed by atoms with Crippen LogP contribution in [0.1, 0.15) is 11.1 Å². The SMILES string of the molecule is CNC(=O)[C@H]1CN(C(=O)CSCc2ccc(C)cc2)c2ccccc2O1. The molecule has 0 unspecified atom stereocenters. The summed E-state index contributed by atoms with van der Waals surface area (Å²) < 4.78 is 5.74. The number of hydrogen-bond acceptors (Lipinski definition) is 4. The van der Waals surface area contributed by atoms with E-state index in [0.717, 1.165) is 5.75 Å². The summed E-state index contributed by atoms with van der Waals surface area (Å²) in [6, 6.07) is 15.6. The lowest BCUT2D eigenvalue weighted by Crippen LogP contribution is -2.50. The summed E-state index contributed by atoms with van der Waals surface area (Å²) in [7, 11) is 1.57. The normalized spacial score (nSPS) is 15.8. The number of carbonyl (C=O) groups is 2. The highest BCUT2D eigenvalue weighted by Crippen LogP contribution is 2.33. The third-order valence-electron chi connectivity index (χ3n) is 4.23. The Hall–Kier alpha value is -2.47. The van der Waals surface area contributed by atoms with Gasteiger partial charge in [-0.2, -0.15) is 0 Å². The van der Waals surface area contributed by atoms with Crippen LogP contribution < -0.4 is 15.0 Å². The van der Waals surface area contributed by atoms with Gasteiger partial charge in [-0.1, -0.05) is 42.0 Å². The maximum Gasteiger partial charge on any atom is 0.262 e. The number of amides is 2. The minimum absolute atomic E-state index is 0.0215. The molecule has 0 aliphatic carbocycles. The summed E-state index contributed by atoms with van der Waals surface area (Å²) in [6.07, 6.45) is -0.694. The van der Waals surface area contributed by atoms with Gasteiger partial charge in [0.1, 0.15) is 5.75 Å². The first-order chi connectivity index (χ1) is 12.6. The van der Waals surface area contributed by atoms with Gasteiger partial charge in [0.15, 0.2) is 6.10 Å². The monoisotopic (exact) mass is 370 g/mol. The second kappa shape index (κ2) is 8.27. The number of anilines is 1. The molecule has 26 heavy (non-hydrogen) atoms. The second-order valence-electron chi connectivity index (χ2n) is 6.17. The molecule has 1 N–H and O–H groups in total. The van der Waals surface area contributed by atoms with Crippen LogP contribution in [0.4, 0.5) is 5.69 Å². The zero-order chi connectivity index (χ0) is 18.5. The Labute approximate surface area is 157 Å². The van der Waals surface area contributed by atoms with E-state index in [-0.39, 0.29) is 18.4 Å². The lowest BCUT2D eigenvalue weighted by Gasteiger charge is -2.34. The number of para-hydroxylation sites is 2. The molecule has 0 spiro atoms. The molecule has 1 atom stereocenters. The summed E-state index contributed by atoms with van der Waals surface area (Å²) in [4.78, 5) is 26.4. The van der Waals surface area contributed by atoms with Crippen LogP contribution in [0.2, 0.25) is 0 Å². The van der Waals surface area contributed by atoms with Crippen molar-refractivity contribution < 1.29 is 14.3 Å². The molecular weight excluding hydrogens is 348 g/mol. The Kier molecular flexibility index (Phi) is 5.83. The third-order valence-corrected chi connectivity index (χ3v) is 5.22. The Balaban J connectivity index is 1.66. The van der Waals surface area contributed by atoms with Crippen LogP contribution in [-0.4, -0.2) is 37.3 Å². The van der Waals surface area contributed by atoms with Crippen molar-refractivity contribution in [2.24, 2.45) is 0 Å². The number of carbonyl (C=O) groups excluding carboxylic acids is 2. The van der Waals surface area contributed by atoms with Crippen molar-refractivity contribution in [1.82, 2.24) is 5.32 Å². The maximum absolute atomic E-state index is 12.8. The van der Waals surface area contributed by atoms with E-state index in [1.807, 2.05) is 18.2 Å². The first-order valence-electron chi connectivity index (χ1n) is 8.49. The van der Waals surface area contributed by atoms with Crippen LogP contribution in [0.5, 0.6) is 5.75 Å². The molecule has 136 valence electrons. The summed E-state index contributed by atoms with van der Waals surface area (Å²) >= 11 is 1.57. The van der Waals surface area contributed by atoms with Gasteiger partial charge in [-0.25, -0.2) is 0 Å². The number of benzene rings is 2. The van der Waals surface area contributed by atoms with E-state index in [2.05, 4.69) is 36.5 Å². The molecule has 1 aliphatic rings. The van der Waals surface area contributed by atoms with E-state index in [1.165, 1.54) is 11.1 Å². The molecule has 6 heteroatoms. The highest BCUT2D eigenvalue weighted by Gasteiger charge is 2.33. The first kappa shape index (κ1) is 18.3. The summed E-state index contributed by atoms with van der Waals surface area (Å²) in [5.41, 5.74) is 3.13. The number of nitrogens with zero attached hydrogens (tertiary/aromatic N) is 1. The number of rotatable bonds is 5. The van der Waals surface area contributed by atoms with Crippen LogP contribution in [0.3, 0.4) is 0 Å². The Morgan fingerprint density at radius 1 is 1.19 bits per heavy atom. The maximum atomic E-state index is 12.8. The smallest absolute Gasteiger partial charge is 0.262 e. The number of thioether (sulfide) groups is 1. The third kappa shape index (κ3) is 4.19. The van der Waals surface area contributed by atoms with E-state index in [4.69, 9.17) is 4.74 Å². The lowest BCUT2D eigenvalue weighted by molar-refractivity contribution is -0.127. The fraction of sp³-hybridized carbons (Fsp3) is 0.300. The van der Waals surface area contributed by atoms with Gasteiger partial charge in [-0.05, 0) is 24.6 Å². The van der Waals surface area contributed by atoms with Crippen molar-refractivity contribution in [3.8, 4) is 5.75 Å². The molecule has 2 aromatic rings. The topological polar surface area (TPSA) is 58.6 Å². The largest absolute Gasteiger partial charge is 0.477 e. The van der Waals surface area contributed by atoms with Crippen molar-refractivity contribution in [1.29, 1.82) is 0 Å². The average Bonchev–Trinajstić information content (AvgIpc) is 2.67. The van der Waals surface area contributed by atoms with Crippen LogP contribution in [0.25, 0.3) is 0 Å². The van der Waals surface area contributed by atoms with Crippen molar-refractivity contribution in [3.63, 3.8) is 0 Å². The van der Waals surface area contributed by atoms with E-state index in [9.17, 15) is 9.59 Å². The Morgan fingerprint density at radius 2 is 1.92 bits per heavy atom. The van der Waals surface area contributed by atoms with E-state index >= 15 is 0 Å². The standard InChI is InChI=1S/C20H22N2O3S/c1-14-7-9-15(10-8-14)12-26-13-19(23)22-11-18(20(24)21-2)25-17-6-4-3-5-16(17)22/h3-10,18H,11-13H2,1-2H3,(H,21,24)/t18-/m1/s1. The molecule has 1 heterocycles. The first-order valence-corrected chi connectivity index (χ1v) is 9.65. The molecule has 1 aliphatic heterocycles. The molecule has 0 bridgehead atoms. The molecule has 0 saturated carbocycles. The number of aryl methyl sites for hydroxylation is 1. The number of likely N-dealkylation sites (N-methyl/N-ethyl adjacent to an activating group) is 1. The van der Waals surface area contributed by atoms with Gasteiger partial charge in [0.2, 0.25) is 5.91 Å². The van der Waals surface area contributed by atoms with Crippen LogP contribution in [0.15, 0.2) is 48.5 Å². The minimum atomic E-state index is -0.694. The predicted octanol–water partition coefficient (Wildman–Crippen LogP) is 2.77. The van der Waals surface area contributed by atoms with Crippen molar-refractivity contribution in [2.45, 2.75) is 18.8 Å². The second-order valence-corrected chi connectivity index (χ2v) is 7.16. The molecule has 0 fully saturated rings. The van der Waals surface area contributed by atoms with Gasteiger partial charge < -0.3 is 15.0 Å². The Bertz CT molecular complexity index is 792. The summed E-state index contributed by atoms with van der Waals surface area (Å²) in [5.74, 6) is 1.43. The number of fused-ring (bicyclic) bond motifs is 1. The fourth-order valence-corrected chi connectivity index (χ4v) is 3.65. The van der Waals surface area contributed by atoms with E-state index in [1.54, 1.807) is 29.8 Å². The number of nitrogens with one attached hydrogen (secondary N) is 1. The molecule has 0 aromatic heterocycles. The van der Waals surface area contributed by atoms with E-state index < -0.39 is 6.10 Å². The zero-order valence-electron chi connectivity index (χ0n) is 14.9. The molecule has 0 saturated heterocycles. The number of ether oxygens (including phenoxy) is 1. The Morgan fingerprint density at radius 3 is 2.65 bits per heavy atom. The predicted molar refractivity (Wildman–Crippen MR) is 105 cm³/mol. The van der Waals surface area contributed by atoms with Crippen LogP contribution in [0, 0.1) is 6.92 Å². The van der Waals surface area contributed by atoms with Crippen molar-refractivity contribution >= 4 is 29.3 Å². The molecule has 2 amide bonds. The van der Waals surface area contributed by atoms with Gasteiger partial charge in [0.05, 0.1) is 18.0 Å². The van der Waals surface area contributed by atoms with Crippen LogP contribution in [-0.2, 0) is 15.3 Å². The van der Waals surface area contributed by atoms with Crippen molar-refractivity contribution in [3.05, 3.63) is 59.7 Å². The molecule has 5 nitrogen and oxygen atoms in total. The molecule has 2 aromatic carbocycles. The fourth-order valence-electron chi connectivity index (χ4n) is 2.79. The number of hydrogen-bond donors (Lipinski definition) is 1. The van der Waals surface area contributed by atoms with Gasteiger partial charge in [0.25, 0.3) is 5.91 Å². The van der Waals surface area contributed by atoms with Gasteiger partial charge >= 0.3 is 0 Å².